The second kappa shape index (κ2) is 4.27. The highest BCUT2D eigenvalue weighted by atomic mass is 16.5. The van der Waals surface area contributed by atoms with Crippen LogP contribution in [0.25, 0.3) is 0 Å². The van der Waals surface area contributed by atoms with E-state index in [0.717, 1.165) is 24.4 Å². The van der Waals surface area contributed by atoms with E-state index in [1.54, 1.807) is 0 Å². The molecule has 0 aromatic carbocycles. The van der Waals surface area contributed by atoms with Crippen LogP contribution < -0.4 is 0 Å². The Hall–Kier alpha value is -0.0400. The van der Waals surface area contributed by atoms with Crippen molar-refractivity contribution >= 4 is 0 Å². The Morgan fingerprint density at radius 1 is 1.25 bits per heavy atom. The molecule has 1 aliphatic heterocycles. The third-order valence-electron chi connectivity index (χ3n) is 2.82. The zero-order valence-electron chi connectivity index (χ0n) is 8.84. The maximum atomic E-state index is 5.74. The van der Waals surface area contributed by atoms with Crippen LogP contribution in [0.3, 0.4) is 0 Å². The molecule has 1 rings (SSSR count). The Balaban J connectivity index is 2.41. The van der Waals surface area contributed by atoms with E-state index in [9.17, 15) is 0 Å². The molecule has 2 unspecified atom stereocenters. The van der Waals surface area contributed by atoms with Crippen molar-refractivity contribution in [3.8, 4) is 0 Å². The van der Waals surface area contributed by atoms with E-state index in [-0.39, 0.29) is 0 Å². The molecule has 1 saturated heterocycles. The zero-order chi connectivity index (χ0) is 9.14. The van der Waals surface area contributed by atoms with Gasteiger partial charge in [0.15, 0.2) is 0 Å². The predicted molar refractivity (Wildman–Crippen MR) is 52.1 cm³/mol. The maximum absolute atomic E-state index is 5.74. The molecule has 0 spiro atoms. The highest BCUT2D eigenvalue weighted by Gasteiger charge is 2.30. The van der Waals surface area contributed by atoms with Crippen LogP contribution in [0.1, 0.15) is 40.5 Å². The van der Waals surface area contributed by atoms with Crippen LogP contribution in [0.5, 0.6) is 0 Å². The minimum Gasteiger partial charge on any atom is -0.378 e. The van der Waals surface area contributed by atoms with E-state index in [1.807, 2.05) is 0 Å². The second-order valence-electron chi connectivity index (χ2n) is 4.74. The Bertz CT molecular complexity index is 129. The fourth-order valence-electron chi connectivity index (χ4n) is 2.14. The molecule has 1 aliphatic rings. The molecule has 1 heteroatoms. The standard InChI is InChI=1S/C11H22O/c1-8(2)7-11-10(9(3)4)5-6-12-11/h8-11H,5-7H2,1-4H3. The molecule has 0 amide bonds. The molecule has 1 fully saturated rings. The lowest BCUT2D eigenvalue weighted by atomic mass is 9.86. The topological polar surface area (TPSA) is 9.23 Å². The molecular weight excluding hydrogens is 148 g/mol. The molecule has 12 heavy (non-hydrogen) atoms. The largest absolute Gasteiger partial charge is 0.378 e. The van der Waals surface area contributed by atoms with Gasteiger partial charge in [-0.1, -0.05) is 27.7 Å². The average Bonchev–Trinajstić information content (AvgIpc) is 2.33. The van der Waals surface area contributed by atoms with Crippen molar-refractivity contribution < 1.29 is 4.74 Å². The molecule has 0 N–H and O–H groups in total. The van der Waals surface area contributed by atoms with Crippen molar-refractivity contribution in [2.45, 2.75) is 46.6 Å². The van der Waals surface area contributed by atoms with Crippen molar-refractivity contribution in [3.05, 3.63) is 0 Å². The van der Waals surface area contributed by atoms with Gasteiger partial charge in [0, 0.05) is 6.61 Å². The molecule has 0 aromatic heterocycles. The lowest BCUT2D eigenvalue weighted by molar-refractivity contribution is 0.0625. The number of rotatable bonds is 3. The first-order valence-electron chi connectivity index (χ1n) is 5.23. The van der Waals surface area contributed by atoms with Crippen LogP contribution in [0.2, 0.25) is 0 Å². The lowest BCUT2D eigenvalue weighted by Gasteiger charge is -2.23. The Kier molecular flexibility index (Phi) is 3.57. The Labute approximate surface area is 76.5 Å². The molecular formula is C11H22O. The molecule has 1 nitrogen and oxygen atoms in total. The van der Waals surface area contributed by atoms with Crippen LogP contribution >= 0.6 is 0 Å². The predicted octanol–water partition coefficient (Wildman–Crippen LogP) is 3.09. The van der Waals surface area contributed by atoms with Crippen LogP contribution in [-0.4, -0.2) is 12.7 Å². The Morgan fingerprint density at radius 3 is 2.42 bits per heavy atom. The normalized spacial score (nSPS) is 30.5. The van der Waals surface area contributed by atoms with Crippen LogP contribution in [0.15, 0.2) is 0 Å². The monoisotopic (exact) mass is 170 g/mol. The van der Waals surface area contributed by atoms with Crippen molar-refractivity contribution in [2.75, 3.05) is 6.61 Å². The van der Waals surface area contributed by atoms with Crippen molar-refractivity contribution in [1.29, 1.82) is 0 Å². The molecule has 0 aromatic rings. The summed E-state index contributed by atoms with van der Waals surface area (Å²) in [5.74, 6) is 2.37. The van der Waals surface area contributed by atoms with Gasteiger partial charge in [-0.2, -0.15) is 0 Å². The van der Waals surface area contributed by atoms with Gasteiger partial charge in [-0.05, 0) is 30.6 Å². The molecule has 0 bridgehead atoms. The molecule has 72 valence electrons. The quantitative estimate of drug-likeness (QED) is 0.632. The van der Waals surface area contributed by atoms with Gasteiger partial charge in [0.05, 0.1) is 6.10 Å². The molecule has 1 heterocycles. The van der Waals surface area contributed by atoms with Crippen molar-refractivity contribution in [1.82, 2.24) is 0 Å². The summed E-state index contributed by atoms with van der Waals surface area (Å²) in [5, 5.41) is 0. The molecule has 0 radical (unpaired) electrons. The molecule has 0 aliphatic carbocycles. The minimum atomic E-state index is 0.546. The highest BCUT2D eigenvalue weighted by Crippen LogP contribution is 2.31. The van der Waals surface area contributed by atoms with E-state index < -0.39 is 0 Å². The van der Waals surface area contributed by atoms with Crippen LogP contribution in [0, 0.1) is 17.8 Å². The minimum absolute atomic E-state index is 0.546. The van der Waals surface area contributed by atoms with E-state index >= 15 is 0 Å². The summed E-state index contributed by atoms with van der Waals surface area (Å²) in [6, 6.07) is 0. The maximum Gasteiger partial charge on any atom is 0.0609 e. The van der Waals surface area contributed by atoms with Crippen LogP contribution in [-0.2, 0) is 4.74 Å². The summed E-state index contributed by atoms with van der Waals surface area (Å²) < 4.78 is 5.74. The SMILES string of the molecule is CC(C)CC1OCCC1C(C)C. The summed E-state index contributed by atoms with van der Waals surface area (Å²) >= 11 is 0. The highest BCUT2D eigenvalue weighted by molar-refractivity contribution is 4.79. The van der Waals surface area contributed by atoms with E-state index in [0.29, 0.717) is 6.10 Å². The van der Waals surface area contributed by atoms with Gasteiger partial charge in [0.2, 0.25) is 0 Å². The van der Waals surface area contributed by atoms with Gasteiger partial charge in [-0.25, -0.2) is 0 Å². The second-order valence-corrected chi connectivity index (χ2v) is 4.74. The summed E-state index contributed by atoms with van der Waals surface area (Å²) in [6.07, 6.45) is 3.06. The average molecular weight is 170 g/mol. The van der Waals surface area contributed by atoms with Gasteiger partial charge in [-0.3, -0.25) is 0 Å². The number of hydrogen-bond donors (Lipinski definition) is 0. The third kappa shape index (κ3) is 2.48. The number of hydrogen-bond acceptors (Lipinski definition) is 1. The van der Waals surface area contributed by atoms with Gasteiger partial charge in [0.25, 0.3) is 0 Å². The van der Waals surface area contributed by atoms with Crippen molar-refractivity contribution in [3.63, 3.8) is 0 Å². The zero-order valence-corrected chi connectivity index (χ0v) is 8.84. The molecule has 2 atom stereocenters. The fourth-order valence-corrected chi connectivity index (χ4v) is 2.14. The summed E-state index contributed by atoms with van der Waals surface area (Å²) in [7, 11) is 0. The van der Waals surface area contributed by atoms with Gasteiger partial charge >= 0.3 is 0 Å². The van der Waals surface area contributed by atoms with Gasteiger partial charge < -0.3 is 4.74 Å². The van der Waals surface area contributed by atoms with Crippen LogP contribution in [0.4, 0.5) is 0 Å². The van der Waals surface area contributed by atoms with E-state index in [2.05, 4.69) is 27.7 Å². The van der Waals surface area contributed by atoms with Crippen molar-refractivity contribution in [2.24, 2.45) is 17.8 Å². The first-order chi connectivity index (χ1) is 5.61. The molecule has 0 saturated carbocycles. The first-order valence-corrected chi connectivity index (χ1v) is 5.23. The third-order valence-corrected chi connectivity index (χ3v) is 2.82. The fraction of sp³-hybridized carbons (Fsp3) is 1.00. The van der Waals surface area contributed by atoms with E-state index in [4.69, 9.17) is 4.74 Å². The van der Waals surface area contributed by atoms with E-state index in [1.165, 1.54) is 12.8 Å². The Morgan fingerprint density at radius 2 is 1.92 bits per heavy atom. The van der Waals surface area contributed by atoms with Gasteiger partial charge in [-0.15, -0.1) is 0 Å². The summed E-state index contributed by atoms with van der Waals surface area (Å²) in [6.45, 7) is 10.2. The summed E-state index contributed by atoms with van der Waals surface area (Å²) in [5.41, 5.74) is 0. The summed E-state index contributed by atoms with van der Waals surface area (Å²) in [4.78, 5) is 0. The smallest absolute Gasteiger partial charge is 0.0609 e. The van der Waals surface area contributed by atoms with Gasteiger partial charge in [0.1, 0.15) is 0 Å². The lowest BCUT2D eigenvalue weighted by Crippen LogP contribution is -2.22. The number of ether oxygens (including phenoxy) is 1. The first kappa shape index (κ1) is 10.0.